The van der Waals surface area contributed by atoms with Crippen molar-refractivity contribution in [3.8, 4) is 0 Å². The molecule has 2 amide bonds. The maximum absolute atomic E-state index is 12.4. The fraction of sp³-hybridized carbons (Fsp3) is 0.312. The van der Waals surface area contributed by atoms with Crippen LogP contribution >= 0.6 is 11.3 Å². The van der Waals surface area contributed by atoms with Crippen LogP contribution in [0.2, 0.25) is 0 Å². The molecule has 2 aromatic rings. The summed E-state index contributed by atoms with van der Waals surface area (Å²) >= 11 is 1.54. The SMILES string of the molecule is CC(=O)N[C@H](CC(=O)N(C)Cc1ccncc1)c1cccs1. The van der Waals surface area contributed by atoms with Crippen LogP contribution in [-0.4, -0.2) is 28.7 Å². The third-order valence-electron chi connectivity index (χ3n) is 3.24. The van der Waals surface area contributed by atoms with Gasteiger partial charge in [-0.3, -0.25) is 14.6 Å². The lowest BCUT2D eigenvalue weighted by atomic mass is 10.1. The smallest absolute Gasteiger partial charge is 0.225 e. The Labute approximate surface area is 134 Å². The molecule has 0 radical (unpaired) electrons. The molecule has 0 fully saturated rings. The zero-order valence-electron chi connectivity index (χ0n) is 12.7. The van der Waals surface area contributed by atoms with E-state index in [2.05, 4.69) is 10.3 Å². The lowest BCUT2D eigenvalue weighted by Gasteiger charge is -2.21. The molecule has 0 aromatic carbocycles. The third kappa shape index (κ3) is 4.66. The van der Waals surface area contributed by atoms with Gasteiger partial charge in [0, 0.05) is 37.8 Å². The first-order chi connectivity index (χ1) is 10.6. The summed E-state index contributed by atoms with van der Waals surface area (Å²) in [5, 5.41) is 4.79. The van der Waals surface area contributed by atoms with E-state index in [0.29, 0.717) is 6.54 Å². The highest BCUT2D eigenvalue weighted by Gasteiger charge is 2.20. The number of pyridine rings is 1. The van der Waals surface area contributed by atoms with Gasteiger partial charge in [-0.25, -0.2) is 0 Å². The number of amides is 2. The first-order valence-electron chi connectivity index (χ1n) is 6.99. The Morgan fingerprint density at radius 1 is 1.32 bits per heavy atom. The van der Waals surface area contributed by atoms with Gasteiger partial charge in [-0.2, -0.15) is 0 Å². The molecule has 0 aliphatic carbocycles. The van der Waals surface area contributed by atoms with E-state index in [4.69, 9.17) is 0 Å². The molecule has 2 rings (SSSR count). The van der Waals surface area contributed by atoms with Crippen LogP contribution < -0.4 is 5.32 Å². The number of hydrogen-bond acceptors (Lipinski definition) is 4. The molecule has 116 valence electrons. The minimum absolute atomic E-state index is 0.0102. The molecule has 22 heavy (non-hydrogen) atoms. The Kier molecular flexibility index (Phi) is 5.66. The van der Waals surface area contributed by atoms with Gasteiger partial charge in [0.15, 0.2) is 0 Å². The van der Waals surface area contributed by atoms with Crippen LogP contribution in [0.3, 0.4) is 0 Å². The first kappa shape index (κ1) is 16.2. The summed E-state index contributed by atoms with van der Waals surface area (Å²) in [5.41, 5.74) is 1.03. The average Bonchev–Trinajstić information content (AvgIpc) is 3.01. The van der Waals surface area contributed by atoms with Crippen molar-refractivity contribution in [1.29, 1.82) is 0 Å². The van der Waals surface area contributed by atoms with Gasteiger partial charge >= 0.3 is 0 Å². The van der Waals surface area contributed by atoms with Crippen molar-refractivity contribution >= 4 is 23.2 Å². The van der Waals surface area contributed by atoms with Crippen molar-refractivity contribution in [2.45, 2.75) is 25.9 Å². The second-order valence-electron chi connectivity index (χ2n) is 5.08. The monoisotopic (exact) mass is 317 g/mol. The molecule has 0 spiro atoms. The van der Waals surface area contributed by atoms with E-state index < -0.39 is 0 Å². The summed E-state index contributed by atoms with van der Waals surface area (Å²) < 4.78 is 0. The lowest BCUT2D eigenvalue weighted by molar-refractivity contribution is -0.131. The number of nitrogens with zero attached hydrogens (tertiary/aromatic N) is 2. The Hall–Kier alpha value is -2.21. The van der Waals surface area contributed by atoms with Crippen molar-refractivity contribution in [3.63, 3.8) is 0 Å². The summed E-state index contributed by atoms with van der Waals surface area (Å²) in [5.74, 6) is -0.146. The summed E-state index contributed by atoms with van der Waals surface area (Å²) in [4.78, 5) is 30.4. The van der Waals surface area contributed by atoms with Gasteiger partial charge in [-0.15, -0.1) is 11.3 Å². The third-order valence-corrected chi connectivity index (χ3v) is 4.22. The van der Waals surface area contributed by atoms with Crippen LogP contribution in [0.4, 0.5) is 0 Å². The van der Waals surface area contributed by atoms with Crippen LogP contribution in [0.1, 0.15) is 29.8 Å². The molecule has 0 aliphatic heterocycles. The minimum atomic E-state index is -0.273. The molecule has 6 heteroatoms. The molecular formula is C16H19N3O2S. The maximum atomic E-state index is 12.4. The van der Waals surface area contributed by atoms with Gasteiger partial charge in [0.2, 0.25) is 11.8 Å². The molecule has 0 bridgehead atoms. The molecule has 5 nitrogen and oxygen atoms in total. The highest BCUT2D eigenvalue weighted by atomic mass is 32.1. The molecule has 2 heterocycles. The summed E-state index contributed by atoms with van der Waals surface area (Å²) in [6.07, 6.45) is 3.67. The van der Waals surface area contributed by atoms with Crippen molar-refractivity contribution in [3.05, 3.63) is 52.5 Å². The van der Waals surface area contributed by atoms with Gasteiger partial charge in [0.05, 0.1) is 12.5 Å². The van der Waals surface area contributed by atoms with E-state index >= 15 is 0 Å². The number of thiophene rings is 1. The lowest BCUT2D eigenvalue weighted by Crippen LogP contribution is -2.33. The van der Waals surface area contributed by atoms with Crippen molar-refractivity contribution in [2.24, 2.45) is 0 Å². The number of carbonyl (C=O) groups excluding carboxylic acids is 2. The number of aromatic nitrogens is 1. The largest absolute Gasteiger partial charge is 0.348 e. The minimum Gasteiger partial charge on any atom is -0.348 e. The first-order valence-corrected chi connectivity index (χ1v) is 7.87. The van der Waals surface area contributed by atoms with E-state index in [0.717, 1.165) is 10.4 Å². The van der Waals surface area contributed by atoms with Gasteiger partial charge in [0.25, 0.3) is 0 Å². The number of rotatable bonds is 6. The number of nitrogens with one attached hydrogen (secondary N) is 1. The van der Waals surface area contributed by atoms with Gasteiger partial charge in [0.1, 0.15) is 0 Å². The summed E-state index contributed by atoms with van der Waals surface area (Å²) in [6.45, 7) is 1.99. The van der Waals surface area contributed by atoms with Crippen molar-refractivity contribution < 1.29 is 9.59 Å². The standard InChI is InChI=1S/C16H19N3O2S/c1-12(20)18-14(15-4-3-9-22-15)10-16(21)19(2)11-13-5-7-17-8-6-13/h3-9,14H,10-11H2,1-2H3,(H,18,20)/t14-/m1/s1. The van der Waals surface area contributed by atoms with E-state index in [1.165, 1.54) is 18.3 Å². The maximum Gasteiger partial charge on any atom is 0.225 e. The summed E-state index contributed by atoms with van der Waals surface area (Å²) in [7, 11) is 1.77. The molecule has 0 saturated carbocycles. The molecule has 0 aliphatic rings. The second kappa shape index (κ2) is 7.70. The van der Waals surface area contributed by atoms with E-state index in [9.17, 15) is 9.59 Å². The van der Waals surface area contributed by atoms with Gasteiger partial charge in [-0.1, -0.05) is 6.07 Å². The Morgan fingerprint density at radius 3 is 2.64 bits per heavy atom. The van der Waals surface area contributed by atoms with Crippen LogP contribution in [0.15, 0.2) is 42.0 Å². The summed E-state index contributed by atoms with van der Waals surface area (Å²) in [6, 6.07) is 7.34. The van der Waals surface area contributed by atoms with Crippen molar-refractivity contribution in [2.75, 3.05) is 7.05 Å². The van der Waals surface area contributed by atoms with Crippen LogP contribution in [0, 0.1) is 0 Å². The predicted molar refractivity (Wildman–Crippen MR) is 86.2 cm³/mol. The van der Waals surface area contributed by atoms with E-state index in [-0.39, 0.29) is 24.3 Å². The van der Waals surface area contributed by atoms with Crippen molar-refractivity contribution in [1.82, 2.24) is 15.2 Å². The molecule has 0 unspecified atom stereocenters. The highest BCUT2D eigenvalue weighted by molar-refractivity contribution is 7.10. The molecular weight excluding hydrogens is 298 g/mol. The Balaban J connectivity index is 1.99. The Bertz CT molecular complexity index is 614. The zero-order chi connectivity index (χ0) is 15.9. The van der Waals surface area contributed by atoms with E-state index in [1.807, 2.05) is 29.6 Å². The zero-order valence-corrected chi connectivity index (χ0v) is 13.5. The van der Waals surface area contributed by atoms with Crippen LogP contribution in [0.5, 0.6) is 0 Å². The quantitative estimate of drug-likeness (QED) is 0.889. The van der Waals surface area contributed by atoms with Crippen LogP contribution in [-0.2, 0) is 16.1 Å². The fourth-order valence-electron chi connectivity index (χ4n) is 2.14. The molecule has 2 aromatic heterocycles. The average molecular weight is 317 g/mol. The van der Waals surface area contributed by atoms with Gasteiger partial charge < -0.3 is 10.2 Å². The molecule has 1 N–H and O–H groups in total. The van der Waals surface area contributed by atoms with E-state index in [1.54, 1.807) is 24.3 Å². The topological polar surface area (TPSA) is 62.3 Å². The second-order valence-corrected chi connectivity index (χ2v) is 6.06. The molecule has 1 atom stereocenters. The molecule has 0 saturated heterocycles. The number of carbonyl (C=O) groups is 2. The van der Waals surface area contributed by atoms with Gasteiger partial charge in [-0.05, 0) is 29.1 Å². The highest BCUT2D eigenvalue weighted by Crippen LogP contribution is 2.23. The normalized spacial score (nSPS) is 11.7. The fourth-order valence-corrected chi connectivity index (χ4v) is 2.92. The predicted octanol–water partition coefficient (Wildman–Crippen LogP) is 2.37. The Morgan fingerprint density at radius 2 is 2.05 bits per heavy atom. The number of hydrogen-bond donors (Lipinski definition) is 1. The van der Waals surface area contributed by atoms with Crippen LogP contribution in [0.25, 0.3) is 0 Å².